The maximum Gasteiger partial charge on any atom is 0.333 e. The molecule has 0 aliphatic carbocycles. The second kappa shape index (κ2) is 4.56. The predicted molar refractivity (Wildman–Crippen MR) is 64.2 cm³/mol. The summed E-state index contributed by atoms with van der Waals surface area (Å²) in [5.41, 5.74) is 0. The van der Waals surface area contributed by atoms with Crippen molar-refractivity contribution in [3.8, 4) is 0 Å². The molecule has 0 aromatic heterocycles. The van der Waals surface area contributed by atoms with Crippen molar-refractivity contribution in [3.05, 3.63) is 0 Å². The van der Waals surface area contributed by atoms with Crippen LogP contribution >= 0.6 is 58.0 Å². The smallest absolute Gasteiger partial charge is 0.333 e. The highest BCUT2D eigenvalue weighted by Gasteiger charge is 2.54. The van der Waals surface area contributed by atoms with Gasteiger partial charge in [-0.25, -0.2) is 4.79 Å². The predicted octanol–water partition coefficient (Wildman–Crippen LogP) is 3.91. The van der Waals surface area contributed by atoms with E-state index in [0.29, 0.717) is 0 Å². The molecule has 0 aliphatic heterocycles. The van der Waals surface area contributed by atoms with E-state index in [0.717, 1.165) is 0 Å². The Morgan fingerprint density at radius 2 is 1.43 bits per heavy atom. The summed E-state index contributed by atoms with van der Waals surface area (Å²) in [6, 6.07) is 0. The molecule has 0 N–H and O–H groups in total. The van der Waals surface area contributed by atoms with E-state index in [-0.39, 0.29) is 0 Å². The van der Waals surface area contributed by atoms with Crippen LogP contribution in [0.4, 0.5) is 0 Å². The van der Waals surface area contributed by atoms with Gasteiger partial charge in [-0.2, -0.15) is 0 Å². The van der Waals surface area contributed by atoms with Gasteiger partial charge in [0.05, 0.1) is 0 Å². The molecule has 2 nitrogen and oxygen atoms in total. The van der Waals surface area contributed by atoms with Gasteiger partial charge in [-0.15, -0.1) is 0 Å². The lowest BCUT2D eigenvalue weighted by Gasteiger charge is -2.28. The highest BCUT2D eigenvalue weighted by molar-refractivity contribution is 6.80. The zero-order chi connectivity index (χ0) is 11.8. The van der Waals surface area contributed by atoms with Crippen molar-refractivity contribution in [2.45, 2.75) is 27.8 Å². The summed E-state index contributed by atoms with van der Waals surface area (Å²) in [6.07, 6.45) is 0. The van der Waals surface area contributed by atoms with Gasteiger partial charge in [0.2, 0.25) is 12.1 Å². The van der Waals surface area contributed by atoms with Crippen LogP contribution in [0, 0.1) is 0 Å². The molecule has 0 atom stereocenters. The Labute approximate surface area is 109 Å². The summed E-state index contributed by atoms with van der Waals surface area (Å²) in [5, 5.41) is 0. The van der Waals surface area contributed by atoms with E-state index >= 15 is 0 Å². The fourth-order valence-electron chi connectivity index (χ4n) is 0.458. The first-order valence-corrected chi connectivity index (χ1v) is 8.86. The summed E-state index contributed by atoms with van der Waals surface area (Å²) in [6.45, 7) is 5.35. The molecule has 0 fully saturated rings. The van der Waals surface area contributed by atoms with E-state index < -0.39 is 22.4 Å². The zero-order valence-corrected chi connectivity index (χ0v) is 12.5. The Morgan fingerprint density at radius 1 is 1.07 bits per heavy atom. The molecule has 8 heteroatoms. The molecule has 0 aromatic carbocycles. The van der Waals surface area contributed by atoms with E-state index in [9.17, 15) is 4.79 Å². The maximum absolute atomic E-state index is 11.4. The quantitative estimate of drug-likeness (QED) is 0.570. The lowest BCUT2D eigenvalue weighted by Crippen LogP contribution is -2.45. The Hall–Kier alpha value is 1.14. The Kier molecular flexibility index (Phi) is 4.93. The van der Waals surface area contributed by atoms with Crippen LogP contribution in [0.5, 0.6) is 0 Å². The van der Waals surface area contributed by atoms with Crippen LogP contribution in [-0.4, -0.2) is 22.4 Å². The van der Waals surface area contributed by atoms with Gasteiger partial charge >= 0.3 is 5.97 Å². The minimum absolute atomic E-state index is 0.931. The van der Waals surface area contributed by atoms with Crippen LogP contribution in [0.1, 0.15) is 0 Å². The SMILES string of the molecule is C[Si](C)(C)OC(=O)C(Cl)(Cl)C(Cl)(Cl)Cl. The number of rotatable bonds is 2. The van der Waals surface area contributed by atoms with Crippen LogP contribution in [0.15, 0.2) is 0 Å². The molecule has 0 radical (unpaired) electrons. The van der Waals surface area contributed by atoms with E-state index in [2.05, 4.69) is 0 Å². The van der Waals surface area contributed by atoms with E-state index in [4.69, 9.17) is 62.4 Å². The van der Waals surface area contributed by atoms with E-state index in [1.807, 2.05) is 0 Å². The molecule has 0 heterocycles. The molecule has 14 heavy (non-hydrogen) atoms. The first kappa shape index (κ1) is 15.1. The topological polar surface area (TPSA) is 26.3 Å². The zero-order valence-electron chi connectivity index (χ0n) is 7.71. The van der Waals surface area contributed by atoms with Gasteiger partial charge in [0, 0.05) is 0 Å². The van der Waals surface area contributed by atoms with Crippen molar-refractivity contribution in [1.29, 1.82) is 0 Å². The number of halogens is 5. The average Bonchev–Trinajstić information content (AvgIpc) is 1.80. The van der Waals surface area contributed by atoms with Crippen LogP contribution in [-0.2, 0) is 9.22 Å². The second-order valence-corrected chi connectivity index (χ2v) is 11.6. The lowest BCUT2D eigenvalue weighted by atomic mass is 10.5. The third kappa shape index (κ3) is 4.33. The highest BCUT2D eigenvalue weighted by atomic mass is 35.6. The molecule has 0 amide bonds. The van der Waals surface area contributed by atoms with Crippen LogP contribution in [0.25, 0.3) is 0 Å². The molecule has 0 aromatic rings. The molecule has 0 saturated carbocycles. The van der Waals surface area contributed by atoms with Crippen molar-refractivity contribution < 1.29 is 9.22 Å². The van der Waals surface area contributed by atoms with Crippen LogP contribution in [0.3, 0.4) is 0 Å². The van der Waals surface area contributed by atoms with Gasteiger partial charge in [-0.05, 0) is 19.6 Å². The van der Waals surface area contributed by atoms with Gasteiger partial charge in [0.15, 0.2) is 0 Å². The van der Waals surface area contributed by atoms with Gasteiger partial charge in [0.1, 0.15) is 0 Å². The third-order valence-corrected chi connectivity index (χ3v) is 4.12. The van der Waals surface area contributed by atoms with Crippen molar-refractivity contribution in [2.75, 3.05) is 0 Å². The van der Waals surface area contributed by atoms with Gasteiger partial charge in [-0.1, -0.05) is 58.0 Å². The summed E-state index contributed by atoms with van der Waals surface area (Å²) in [4.78, 5) is 11.4. The fourth-order valence-corrected chi connectivity index (χ4v) is 1.61. The Morgan fingerprint density at radius 3 is 1.64 bits per heavy atom. The van der Waals surface area contributed by atoms with Crippen molar-refractivity contribution >= 4 is 72.3 Å². The summed E-state index contributed by atoms with van der Waals surface area (Å²) in [7, 11) is -2.10. The number of hydrogen-bond acceptors (Lipinski definition) is 2. The highest BCUT2D eigenvalue weighted by Crippen LogP contribution is 2.46. The monoisotopic (exact) mass is 316 g/mol. The molecule has 0 bridgehead atoms. The maximum atomic E-state index is 11.4. The van der Waals surface area contributed by atoms with E-state index in [1.54, 1.807) is 19.6 Å². The third-order valence-electron chi connectivity index (χ3n) is 1.01. The lowest BCUT2D eigenvalue weighted by molar-refractivity contribution is -0.135. The van der Waals surface area contributed by atoms with Crippen LogP contribution < -0.4 is 0 Å². The minimum atomic E-state index is -2.18. The number of carbonyl (C=O) groups is 1. The number of carbonyl (C=O) groups excluding carboxylic acids is 1. The average molecular weight is 318 g/mol. The second-order valence-electron chi connectivity index (χ2n) is 3.57. The van der Waals surface area contributed by atoms with Crippen molar-refractivity contribution in [1.82, 2.24) is 0 Å². The first-order chi connectivity index (χ1) is 5.88. The van der Waals surface area contributed by atoms with Crippen molar-refractivity contribution in [3.63, 3.8) is 0 Å². The van der Waals surface area contributed by atoms with E-state index in [1.165, 1.54) is 0 Å². The molecule has 0 unspecified atom stereocenters. The standard InChI is InChI=1S/C6H9Cl5O2Si/c1-14(2,3)13-4(12)5(7,8)6(9,10)11/h1-3H3. The summed E-state index contributed by atoms with van der Waals surface area (Å²) >= 11 is 27.5. The molecular formula is C6H9Cl5O2Si. The molecular weight excluding hydrogens is 309 g/mol. The number of hydrogen-bond donors (Lipinski definition) is 0. The van der Waals surface area contributed by atoms with Crippen molar-refractivity contribution in [2.24, 2.45) is 0 Å². The fraction of sp³-hybridized carbons (Fsp3) is 0.833. The molecule has 0 rings (SSSR count). The van der Waals surface area contributed by atoms with Gasteiger partial charge in [0.25, 0.3) is 4.33 Å². The Bertz CT molecular complexity index is 229. The van der Waals surface area contributed by atoms with Gasteiger partial charge < -0.3 is 4.43 Å². The first-order valence-electron chi connectivity index (χ1n) is 3.56. The number of alkyl halides is 5. The molecule has 84 valence electrons. The Balaban J connectivity index is 4.70. The summed E-state index contributed by atoms with van der Waals surface area (Å²) < 4.78 is 0.711. The normalized spacial score (nSPS) is 14.0. The molecule has 0 spiro atoms. The van der Waals surface area contributed by atoms with Gasteiger partial charge in [-0.3, -0.25) is 0 Å². The molecule has 0 aliphatic rings. The minimum Gasteiger partial charge on any atom is -0.518 e. The summed E-state index contributed by atoms with van der Waals surface area (Å²) in [5.74, 6) is -0.931. The molecule has 0 saturated heterocycles. The largest absolute Gasteiger partial charge is 0.518 e. The van der Waals surface area contributed by atoms with Crippen LogP contribution in [0.2, 0.25) is 19.6 Å².